The van der Waals surface area contributed by atoms with Crippen molar-refractivity contribution < 1.29 is 14.3 Å². The first-order valence-corrected chi connectivity index (χ1v) is 11.9. The lowest BCUT2D eigenvalue weighted by Crippen LogP contribution is -2.36. The van der Waals surface area contributed by atoms with Gasteiger partial charge in [0.2, 0.25) is 5.91 Å². The van der Waals surface area contributed by atoms with Crippen LogP contribution >= 0.6 is 11.8 Å². The number of thioether (sulfide) groups is 1. The van der Waals surface area contributed by atoms with E-state index in [4.69, 9.17) is 4.74 Å². The standard InChI is InChI=1S/C24H29N3O3S/c28-22(13-7-6-12-21-23-19(16-31-21)26-24(29)27-23)25-14-18-10-4-5-11-20(18)30-15-17-8-2-1-3-9-17/h1-5,8-11,19,21,23H,6-7,12-16H2,(H,25,28)(H2,26,27,29)/t19-,21-,23-/m0/s1. The van der Waals surface area contributed by atoms with E-state index < -0.39 is 0 Å². The normalized spacial score (nSPS) is 21.8. The van der Waals surface area contributed by atoms with E-state index >= 15 is 0 Å². The van der Waals surface area contributed by atoms with E-state index in [1.165, 1.54) is 0 Å². The number of carbonyl (C=O) groups excluding carboxylic acids is 2. The number of amides is 3. The van der Waals surface area contributed by atoms with Crippen molar-refractivity contribution in [3.8, 4) is 5.75 Å². The average molecular weight is 440 g/mol. The third kappa shape index (κ3) is 5.94. The predicted molar refractivity (Wildman–Crippen MR) is 123 cm³/mol. The lowest BCUT2D eigenvalue weighted by Gasteiger charge is -2.16. The van der Waals surface area contributed by atoms with Gasteiger partial charge in [-0.15, -0.1) is 0 Å². The number of urea groups is 1. The molecule has 4 rings (SSSR count). The minimum atomic E-state index is -0.0484. The molecule has 2 aromatic carbocycles. The van der Waals surface area contributed by atoms with Gasteiger partial charge in [-0.25, -0.2) is 4.79 Å². The highest BCUT2D eigenvalue weighted by atomic mass is 32.2. The van der Waals surface area contributed by atoms with Crippen LogP contribution in [0, 0.1) is 0 Å². The molecule has 0 saturated carbocycles. The van der Waals surface area contributed by atoms with E-state index in [-0.39, 0.29) is 24.0 Å². The molecule has 3 N–H and O–H groups in total. The van der Waals surface area contributed by atoms with E-state index in [0.29, 0.717) is 24.8 Å². The molecule has 164 valence electrons. The van der Waals surface area contributed by atoms with Crippen LogP contribution in [0.5, 0.6) is 5.75 Å². The monoisotopic (exact) mass is 439 g/mol. The number of nitrogens with one attached hydrogen (secondary N) is 3. The molecule has 3 amide bonds. The molecular weight excluding hydrogens is 410 g/mol. The molecule has 0 radical (unpaired) electrons. The Kier molecular flexibility index (Phi) is 7.35. The van der Waals surface area contributed by atoms with Crippen LogP contribution in [0.15, 0.2) is 54.6 Å². The summed E-state index contributed by atoms with van der Waals surface area (Å²) in [6, 6.07) is 18.3. The Balaban J connectivity index is 1.16. The Labute approximate surface area is 187 Å². The first-order valence-electron chi connectivity index (χ1n) is 10.9. The summed E-state index contributed by atoms with van der Waals surface area (Å²) in [6.07, 6.45) is 3.38. The summed E-state index contributed by atoms with van der Waals surface area (Å²) in [5.41, 5.74) is 2.09. The lowest BCUT2D eigenvalue weighted by atomic mass is 10.0. The summed E-state index contributed by atoms with van der Waals surface area (Å²) in [7, 11) is 0. The number of hydrogen-bond donors (Lipinski definition) is 3. The third-order valence-corrected chi connectivity index (χ3v) is 7.28. The van der Waals surface area contributed by atoms with Crippen LogP contribution in [0.4, 0.5) is 4.79 Å². The molecule has 2 aromatic rings. The van der Waals surface area contributed by atoms with Crippen LogP contribution in [-0.2, 0) is 17.9 Å². The Morgan fingerprint density at radius 2 is 1.87 bits per heavy atom. The van der Waals surface area contributed by atoms with Crippen molar-refractivity contribution >= 4 is 23.7 Å². The molecule has 0 aliphatic carbocycles. The Morgan fingerprint density at radius 3 is 2.74 bits per heavy atom. The maximum absolute atomic E-state index is 12.3. The van der Waals surface area contributed by atoms with Gasteiger partial charge in [-0.1, -0.05) is 55.0 Å². The molecule has 3 atom stereocenters. The van der Waals surface area contributed by atoms with Crippen LogP contribution < -0.4 is 20.7 Å². The van der Waals surface area contributed by atoms with Gasteiger partial charge in [0.1, 0.15) is 12.4 Å². The molecule has 2 aliphatic rings. The van der Waals surface area contributed by atoms with Gasteiger partial charge in [-0.2, -0.15) is 11.8 Å². The van der Waals surface area contributed by atoms with Gasteiger partial charge < -0.3 is 20.7 Å². The second kappa shape index (κ2) is 10.6. The summed E-state index contributed by atoms with van der Waals surface area (Å²) < 4.78 is 5.96. The quantitative estimate of drug-likeness (QED) is 0.390. The first-order chi connectivity index (χ1) is 15.2. The van der Waals surface area contributed by atoms with E-state index in [2.05, 4.69) is 16.0 Å². The molecule has 2 heterocycles. The summed E-state index contributed by atoms with van der Waals surface area (Å²) in [4.78, 5) is 23.8. The molecule has 2 fully saturated rings. The molecule has 7 heteroatoms. The molecule has 2 saturated heterocycles. The zero-order valence-electron chi connectivity index (χ0n) is 17.5. The van der Waals surface area contributed by atoms with Gasteiger partial charge in [0.25, 0.3) is 0 Å². The van der Waals surface area contributed by atoms with E-state index in [1.807, 2.05) is 66.4 Å². The molecule has 6 nitrogen and oxygen atoms in total. The molecular formula is C24H29N3O3S. The van der Waals surface area contributed by atoms with Crippen LogP contribution in [-0.4, -0.2) is 35.0 Å². The topological polar surface area (TPSA) is 79.5 Å². The van der Waals surface area contributed by atoms with E-state index in [0.717, 1.165) is 41.9 Å². The average Bonchev–Trinajstić information content (AvgIpc) is 3.34. The minimum Gasteiger partial charge on any atom is -0.489 e. The van der Waals surface area contributed by atoms with Crippen LogP contribution in [0.3, 0.4) is 0 Å². The number of fused-ring (bicyclic) bond motifs is 1. The van der Waals surface area contributed by atoms with Crippen molar-refractivity contribution in [2.24, 2.45) is 0 Å². The summed E-state index contributed by atoms with van der Waals surface area (Å²) in [5.74, 6) is 1.83. The summed E-state index contributed by atoms with van der Waals surface area (Å²) in [5, 5.41) is 9.44. The Morgan fingerprint density at radius 1 is 1.06 bits per heavy atom. The van der Waals surface area contributed by atoms with Gasteiger partial charge in [-0.3, -0.25) is 4.79 Å². The van der Waals surface area contributed by atoms with Gasteiger partial charge in [0, 0.05) is 29.5 Å². The zero-order chi connectivity index (χ0) is 21.5. The fourth-order valence-electron chi connectivity index (χ4n) is 4.08. The third-order valence-electron chi connectivity index (χ3n) is 5.77. The van der Waals surface area contributed by atoms with Crippen molar-refractivity contribution in [1.82, 2.24) is 16.0 Å². The van der Waals surface area contributed by atoms with Crippen molar-refractivity contribution in [3.05, 3.63) is 65.7 Å². The lowest BCUT2D eigenvalue weighted by molar-refractivity contribution is -0.121. The summed E-state index contributed by atoms with van der Waals surface area (Å²) in [6.45, 7) is 0.965. The molecule has 2 aliphatic heterocycles. The molecule has 0 aromatic heterocycles. The maximum Gasteiger partial charge on any atom is 0.315 e. The number of carbonyl (C=O) groups is 2. The highest BCUT2D eigenvalue weighted by molar-refractivity contribution is 8.00. The Hall–Kier alpha value is -2.67. The fourth-order valence-corrected chi connectivity index (χ4v) is 5.63. The second-order valence-corrected chi connectivity index (χ2v) is 9.30. The number of unbranched alkanes of at least 4 members (excludes halogenated alkanes) is 1. The number of benzene rings is 2. The SMILES string of the molecule is O=C(CCCC[C@@H]1SC[C@@H]2NC(=O)N[C@@H]21)NCc1ccccc1OCc1ccccc1. The smallest absolute Gasteiger partial charge is 0.315 e. The number of hydrogen-bond acceptors (Lipinski definition) is 4. The van der Waals surface area contributed by atoms with Crippen molar-refractivity contribution in [2.45, 2.75) is 56.2 Å². The molecule has 0 bridgehead atoms. The van der Waals surface area contributed by atoms with Crippen LogP contribution in [0.25, 0.3) is 0 Å². The van der Waals surface area contributed by atoms with Crippen LogP contribution in [0.2, 0.25) is 0 Å². The fraction of sp³-hybridized carbons (Fsp3) is 0.417. The Bertz CT molecular complexity index is 893. The van der Waals surface area contributed by atoms with Crippen molar-refractivity contribution in [2.75, 3.05) is 5.75 Å². The van der Waals surface area contributed by atoms with Gasteiger partial charge in [-0.05, 0) is 24.5 Å². The van der Waals surface area contributed by atoms with E-state index in [1.54, 1.807) is 0 Å². The number of ether oxygens (including phenoxy) is 1. The number of rotatable bonds is 10. The van der Waals surface area contributed by atoms with Crippen LogP contribution in [0.1, 0.15) is 36.8 Å². The molecule has 0 spiro atoms. The zero-order valence-corrected chi connectivity index (χ0v) is 18.3. The largest absolute Gasteiger partial charge is 0.489 e. The highest BCUT2D eigenvalue weighted by Gasteiger charge is 2.42. The van der Waals surface area contributed by atoms with Gasteiger partial charge >= 0.3 is 6.03 Å². The van der Waals surface area contributed by atoms with Gasteiger partial charge in [0.05, 0.1) is 12.1 Å². The highest BCUT2D eigenvalue weighted by Crippen LogP contribution is 2.33. The van der Waals surface area contributed by atoms with E-state index in [9.17, 15) is 9.59 Å². The predicted octanol–water partition coefficient (Wildman–Crippen LogP) is 3.61. The minimum absolute atomic E-state index is 0.0484. The second-order valence-electron chi connectivity index (χ2n) is 8.03. The van der Waals surface area contributed by atoms with Gasteiger partial charge in [0.15, 0.2) is 0 Å². The van der Waals surface area contributed by atoms with Crippen molar-refractivity contribution in [3.63, 3.8) is 0 Å². The molecule has 0 unspecified atom stereocenters. The maximum atomic E-state index is 12.3. The summed E-state index contributed by atoms with van der Waals surface area (Å²) >= 11 is 1.92. The molecule has 31 heavy (non-hydrogen) atoms. The number of para-hydroxylation sites is 1. The van der Waals surface area contributed by atoms with Crippen molar-refractivity contribution in [1.29, 1.82) is 0 Å². The first kappa shape index (κ1) is 21.6.